The number of hydrogen-bond acceptors (Lipinski definition) is 6. The zero-order chi connectivity index (χ0) is 16.4. The van der Waals surface area contributed by atoms with Crippen molar-refractivity contribution in [3.05, 3.63) is 46.8 Å². The van der Waals surface area contributed by atoms with Crippen LogP contribution < -0.4 is 10.6 Å². The highest BCUT2D eigenvalue weighted by Gasteiger charge is 2.21. The number of nitrogens with one attached hydrogen (secondary N) is 4. The molecule has 1 aromatic carbocycles. The van der Waals surface area contributed by atoms with Gasteiger partial charge in [-0.05, 0) is 10.8 Å². The Morgan fingerprint density at radius 1 is 1.21 bits per heavy atom. The molecule has 9 heteroatoms. The fraction of sp³-hybridized carbons (Fsp3) is 0.267. The Labute approximate surface area is 137 Å². The van der Waals surface area contributed by atoms with Crippen LogP contribution in [-0.2, 0) is 19.5 Å². The third-order valence-corrected chi connectivity index (χ3v) is 4.03. The van der Waals surface area contributed by atoms with E-state index in [4.69, 9.17) is 0 Å². The van der Waals surface area contributed by atoms with E-state index in [0.29, 0.717) is 24.6 Å². The maximum atomic E-state index is 12.4. The number of amides is 1. The van der Waals surface area contributed by atoms with Crippen LogP contribution in [0.4, 0.5) is 0 Å². The van der Waals surface area contributed by atoms with Gasteiger partial charge in [0.05, 0.1) is 0 Å². The zero-order valence-corrected chi connectivity index (χ0v) is 12.8. The fourth-order valence-corrected chi connectivity index (χ4v) is 2.73. The predicted molar refractivity (Wildman–Crippen MR) is 84.8 cm³/mol. The molecule has 0 unspecified atom stereocenters. The number of rotatable bonds is 4. The first-order chi connectivity index (χ1) is 11.8. The molecule has 1 aliphatic rings. The predicted octanol–water partition coefficient (Wildman–Crippen LogP) is 0.165. The second kappa shape index (κ2) is 6.20. The highest BCUT2D eigenvalue weighted by atomic mass is 16.1. The Kier molecular flexibility index (Phi) is 3.75. The molecule has 0 spiro atoms. The van der Waals surface area contributed by atoms with E-state index >= 15 is 0 Å². The normalized spacial score (nSPS) is 13.5. The van der Waals surface area contributed by atoms with Crippen LogP contribution in [0.5, 0.6) is 0 Å². The molecule has 0 saturated heterocycles. The number of H-pyrrole nitrogens is 2. The Morgan fingerprint density at radius 3 is 2.88 bits per heavy atom. The van der Waals surface area contributed by atoms with Crippen LogP contribution in [0.25, 0.3) is 11.4 Å². The van der Waals surface area contributed by atoms with Crippen molar-refractivity contribution < 1.29 is 4.79 Å². The molecule has 0 bridgehead atoms. The van der Waals surface area contributed by atoms with E-state index in [1.807, 2.05) is 24.3 Å². The van der Waals surface area contributed by atoms with Crippen molar-refractivity contribution in [2.24, 2.45) is 0 Å². The molecule has 0 radical (unpaired) electrons. The monoisotopic (exact) mass is 324 g/mol. The van der Waals surface area contributed by atoms with Crippen molar-refractivity contribution in [2.45, 2.75) is 19.5 Å². The molecule has 1 aliphatic heterocycles. The lowest BCUT2D eigenvalue weighted by atomic mass is 10.1. The van der Waals surface area contributed by atoms with Gasteiger partial charge in [0, 0.05) is 42.9 Å². The summed E-state index contributed by atoms with van der Waals surface area (Å²) >= 11 is 0. The van der Waals surface area contributed by atoms with Gasteiger partial charge in [0.25, 0.3) is 5.91 Å². The van der Waals surface area contributed by atoms with Crippen molar-refractivity contribution in [1.29, 1.82) is 0 Å². The lowest BCUT2D eigenvalue weighted by molar-refractivity contribution is 0.0944. The Balaban J connectivity index is 1.41. The van der Waals surface area contributed by atoms with Gasteiger partial charge in [-0.15, -0.1) is 10.2 Å². The Morgan fingerprint density at radius 2 is 2.08 bits per heavy atom. The maximum absolute atomic E-state index is 12.4. The number of aromatic amines is 2. The number of carbonyl (C=O) groups excluding carboxylic acids is 1. The van der Waals surface area contributed by atoms with E-state index in [9.17, 15) is 4.79 Å². The van der Waals surface area contributed by atoms with Crippen molar-refractivity contribution in [1.82, 2.24) is 41.5 Å². The fourth-order valence-electron chi connectivity index (χ4n) is 2.73. The van der Waals surface area contributed by atoms with E-state index in [1.54, 1.807) is 0 Å². The molecule has 4 rings (SSSR count). The topological polar surface area (TPSA) is 124 Å². The highest BCUT2D eigenvalue weighted by Crippen LogP contribution is 2.16. The van der Waals surface area contributed by atoms with Gasteiger partial charge in [0.15, 0.2) is 5.69 Å². The summed E-state index contributed by atoms with van der Waals surface area (Å²) in [6, 6.07) is 7.64. The van der Waals surface area contributed by atoms with Crippen molar-refractivity contribution >= 4 is 5.91 Å². The summed E-state index contributed by atoms with van der Waals surface area (Å²) in [4.78, 5) is 12.4. The van der Waals surface area contributed by atoms with Crippen LogP contribution >= 0.6 is 0 Å². The molecule has 3 heterocycles. The molecule has 1 amide bonds. The minimum absolute atomic E-state index is 0.168. The highest BCUT2D eigenvalue weighted by molar-refractivity contribution is 5.94. The van der Waals surface area contributed by atoms with E-state index < -0.39 is 0 Å². The van der Waals surface area contributed by atoms with Crippen molar-refractivity contribution in [3.63, 3.8) is 0 Å². The van der Waals surface area contributed by atoms with Crippen LogP contribution in [-0.4, -0.2) is 43.3 Å². The van der Waals surface area contributed by atoms with Crippen LogP contribution in [0, 0.1) is 0 Å². The maximum Gasteiger partial charge on any atom is 0.272 e. The third kappa shape index (κ3) is 2.76. The lowest BCUT2D eigenvalue weighted by Gasteiger charge is -2.12. The first kappa shape index (κ1) is 14.5. The van der Waals surface area contributed by atoms with Gasteiger partial charge >= 0.3 is 0 Å². The van der Waals surface area contributed by atoms with Gasteiger partial charge in [-0.3, -0.25) is 9.89 Å². The zero-order valence-electron chi connectivity index (χ0n) is 12.8. The third-order valence-electron chi connectivity index (χ3n) is 4.03. The van der Waals surface area contributed by atoms with E-state index in [-0.39, 0.29) is 5.91 Å². The van der Waals surface area contributed by atoms with Crippen molar-refractivity contribution in [3.8, 4) is 11.4 Å². The molecule has 2 aromatic heterocycles. The molecular formula is C15H16N8O. The number of hydrogen-bond donors (Lipinski definition) is 4. The SMILES string of the molecule is O=C(NCc1ccc(-c2nn[nH]n2)cc1)c1n[nH]c2c1CNCC2. The second-order valence-corrected chi connectivity index (χ2v) is 5.57. The summed E-state index contributed by atoms with van der Waals surface area (Å²) in [5.74, 6) is 0.375. The average molecular weight is 324 g/mol. The summed E-state index contributed by atoms with van der Waals surface area (Å²) in [6.07, 6.45) is 0.868. The van der Waals surface area contributed by atoms with Crippen molar-refractivity contribution in [2.75, 3.05) is 6.54 Å². The summed E-state index contributed by atoms with van der Waals surface area (Å²) < 4.78 is 0. The van der Waals surface area contributed by atoms with Gasteiger partial charge in [0.2, 0.25) is 5.82 Å². The van der Waals surface area contributed by atoms with Gasteiger partial charge < -0.3 is 10.6 Å². The first-order valence-electron chi connectivity index (χ1n) is 7.69. The van der Waals surface area contributed by atoms with E-state index in [1.165, 1.54) is 0 Å². The molecule has 122 valence electrons. The Hall–Kier alpha value is -3.07. The number of fused-ring (bicyclic) bond motifs is 1. The summed E-state index contributed by atoms with van der Waals surface area (Å²) in [7, 11) is 0. The van der Waals surface area contributed by atoms with E-state index in [2.05, 4.69) is 41.5 Å². The summed E-state index contributed by atoms with van der Waals surface area (Å²) in [5, 5.41) is 27.1. The standard InChI is InChI=1S/C15H16N8O/c24-15(13-11-8-16-6-5-12(11)18-19-13)17-7-9-1-3-10(4-2-9)14-20-22-23-21-14/h1-4,16H,5-8H2,(H,17,24)(H,18,19)(H,20,21,22,23). The molecule has 24 heavy (non-hydrogen) atoms. The quantitative estimate of drug-likeness (QED) is 0.542. The average Bonchev–Trinajstić information content (AvgIpc) is 3.30. The van der Waals surface area contributed by atoms with Crippen LogP contribution in [0.3, 0.4) is 0 Å². The summed E-state index contributed by atoms with van der Waals surface area (Å²) in [5.41, 5.74) is 4.33. The molecule has 4 N–H and O–H groups in total. The van der Waals surface area contributed by atoms with Crippen LogP contribution in [0.1, 0.15) is 27.3 Å². The molecule has 0 fully saturated rings. The van der Waals surface area contributed by atoms with Crippen LogP contribution in [0.15, 0.2) is 24.3 Å². The first-order valence-corrected chi connectivity index (χ1v) is 7.69. The second-order valence-electron chi connectivity index (χ2n) is 5.57. The smallest absolute Gasteiger partial charge is 0.272 e. The minimum Gasteiger partial charge on any atom is -0.347 e. The van der Waals surface area contributed by atoms with Gasteiger partial charge in [-0.1, -0.05) is 24.3 Å². The van der Waals surface area contributed by atoms with Crippen LogP contribution in [0.2, 0.25) is 0 Å². The van der Waals surface area contributed by atoms with Gasteiger partial charge in [-0.2, -0.15) is 10.3 Å². The van der Waals surface area contributed by atoms with Gasteiger partial charge in [-0.25, -0.2) is 0 Å². The molecule has 0 atom stereocenters. The Bertz CT molecular complexity index is 837. The molecule has 0 aliphatic carbocycles. The molecule has 3 aromatic rings. The van der Waals surface area contributed by atoms with Gasteiger partial charge in [0.1, 0.15) is 0 Å². The lowest BCUT2D eigenvalue weighted by Crippen LogP contribution is -2.28. The number of nitrogens with zero attached hydrogens (tertiary/aromatic N) is 4. The molecular weight excluding hydrogens is 308 g/mol. The number of aromatic nitrogens is 6. The number of benzene rings is 1. The minimum atomic E-state index is -0.168. The van der Waals surface area contributed by atoms with E-state index in [0.717, 1.165) is 35.3 Å². The molecule has 0 saturated carbocycles. The largest absolute Gasteiger partial charge is 0.347 e. The molecule has 9 nitrogen and oxygen atoms in total. The summed E-state index contributed by atoms with van der Waals surface area (Å²) in [6.45, 7) is 2.01. The number of tetrazole rings is 1. The number of carbonyl (C=O) groups is 1.